The molecule has 1 fully saturated rings. The van der Waals surface area contributed by atoms with Gasteiger partial charge in [-0.25, -0.2) is 4.98 Å². The Morgan fingerprint density at radius 3 is 3.05 bits per heavy atom. The van der Waals surface area contributed by atoms with Crippen molar-refractivity contribution in [2.24, 2.45) is 0 Å². The molecule has 1 aromatic carbocycles. The quantitative estimate of drug-likeness (QED) is 0.759. The van der Waals surface area contributed by atoms with Gasteiger partial charge in [0.15, 0.2) is 0 Å². The van der Waals surface area contributed by atoms with Gasteiger partial charge < -0.3 is 19.6 Å². The van der Waals surface area contributed by atoms with E-state index in [4.69, 9.17) is 4.74 Å². The summed E-state index contributed by atoms with van der Waals surface area (Å²) in [4.78, 5) is 7.49. The number of hydrogen-bond donors (Lipinski definition) is 2. The third-order valence-corrected chi connectivity index (χ3v) is 4.49. The lowest BCUT2D eigenvalue weighted by atomic mass is 9.97. The smallest absolute Gasteiger partial charge is 0.104 e. The van der Waals surface area contributed by atoms with Crippen molar-refractivity contribution in [2.45, 2.75) is 19.0 Å². The summed E-state index contributed by atoms with van der Waals surface area (Å²) in [6.45, 7) is 5.33. The predicted octanol–water partition coefficient (Wildman–Crippen LogP) is 2.19. The van der Waals surface area contributed by atoms with Gasteiger partial charge in [0.2, 0.25) is 0 Å². The number of imidazole rings is 1. The van der Waals surface area contributed by atoms with E-state index >= 15 is 0 Å². The van der Waals surface area contributed by atoms with Gasteiger partial charge in [-0.2, -0.15) is 0 Å². The molecular weight excluding hydrogens is 276 g/mol. The largest absolute Gasteiger partial charge is 0.376 e. The van der Waals surface area contributed by atoms with E-state index in [1.54, 1.807) is 0 Å². The molecule has 0 saturated carbocycles. The summed E-state index contributed by atoms with van der Waals surface area (Å²) < 4.78 is 7.60. The van der Waals surface area contributed by atoms with Crippen molar-refractivity contribution in [1.82, 2.24) is 19.9 Å². The zero-order chi connectivity index (χ0) is 15.0. The topological polar surface area (TPSA) is 54.9 Å². The maximum atomic E-state index is 5.44. The standard InChI is InChI=1S/C17H20N4O/c1-13-2-3-16-15(6-13)14(8-20-16)7-19-9-17(10-22-11-17)21-5-4-18-12-21/h2-6,8,12,19-20H,7,9-11H2,1H3. The molecule has 0 radical (unpaired) electrons. The second kappa shape index (κ2) is 5.26. The van der Waals surface area contributed by atoms with E-state index in [2.05, 4.69) is 51.2 Å². The normalized spacial score (nSPS) is 16.8. The number of H-pyrrole nitrogens is 1. The van der Waals surface area contributed by atoms with Crippen molar-refractivity contribution in [1.29, 1.82) is 0 Å². The Labute approximate surface area is 129 Å². The molecule has 0 unspecified atom stereocenters. The van der Waals surface area contributed by atoms with E-state index in [1.165, 1.54) is 22.0 Å². The molecule has 3 aromatic rings. The van der Waals surface area contributed by atoms with Crippen molar-refractivity contribution in [3.05, 3.63) is 54.2 Å². The zero-order valence-corrected chi connectivity index (χ0v) is 12.7. The number of hydrogen-bond acceptors (Lipinski definition) is 3. The number of benzene rings is 1. The third-order valence-electron chi connectivity index (χ3n) is 4.49. The van der Waals surface area contributed by atoms with Gasteiger partial charge in [-0.15, -0.1) is 0 Å². The van der Waals surface area contributed by atoms with Crippen LogP contribution in [-0.4, -0.2) is 34.3 Å². The Morgan fingerprint density at radius 2 is 2.32 bits per heavy atom. The van der Waals surface area contributed by atoms with Crippen LogP contribution >= 0.6 is 0 Å². The van der Waals surface area contributed by atoms with Gasteiger partial charge in [0.1, 0.15) is 5.54 Å². The first-order chi connectivity index (χ1) is 10.8. The second-order valence-corrected chi connectivity index (χ2v) is 6.15. The predicted molar refractivity (Wildman–Crippen MR) is 85.8 cm³/mol. The molecular formula is C17H20N4O. The minimum atomic E-state index is 0.0124. The Bertz CT molecular complexity index is 771. The highest BCUT2D eigenvalue weighted by molar-refractivity contribution is 5.83. The lowest BCUT2D eigenvalue weighted by Gasteiger charge is -2.42. The van der Waals surface area contributed by atoms with Gasteiger partial charge in [-0.1, -0.05) is 11.6 Å². The molecule has 2 N–H and O–H groups in total. The van der Waals surface area contributed by atoms with Crippen molar-refractivity contribution in [2.75, 3.05) is 19.8 Å². The molecule has 3 heterocycles. The van der Waals surface area contributed by atoms with Crippen LogP contribution in [0, 0.1) is 6.92 Å². The first kappa shape index (κ1) is 13.5. The fraction of sp³-hybridized carbons (Fsp3) is 0.353. The van der Waals surface area contributed by atoms with Crippen molar-refractivity contribution < 1.29 is 4.74 Å². The van der Waals surface area contributed by atoms with Crippen LogP contribution in [0.3, 0.4) is 0 Å². The summed E-state index contributed by atoms with van der Waals surface area (Å²) in [5.41, 5.74) is 3.80. The van der Waals surface area contributed by atoms with Gasteiger partial charge >= 0.3 is 0 Å². The Morgan fingerprint density at radius 1 is 1.41 bits per heavy atom. The summed E-state index contributed by atoms with van der Waals surface area (Å²) in [6.07, 6.45) is 7.80. The number of ether oxygens (including phenoxy) is 1. The fourth-order valence-electron chi connectivity index (χ4n) is 3.09. The fourth-order valence-corrected chi connectivity index (χ4v) is 3.09. The van der Waals surface area contributed by atoms with Gasteiger partial charge in [0, 0.05) is 42.6 Å². The summed E-state index contributed by atoms with van der Waals surface area (Å²) in [7, 11) is 0. The van der Waals surface area contributed by atoms with Crippen LogP contribution in [0.1, 0.15) is 11.1 Å². The first-order valence-electron chi connectivity index (χ1n) is 7.60. The Balaban J connectivity index is 1.47. The minimum absolute atomic E-state index is 0.0124. The van der Waals surface area contributed by atoms with Gasteiger partial charge in [-0.3, -0.25) is 0 Å². The van der Waals surface area contributed by atoms with Crippen LogP contribution in [0.25, 0.3) is 10.9 Å². The number of aromatic nitrogens is 3. The summed E-state index contributed by atoms with van der Waals surface area (Å²) >= 11 is 0. The third kappa shape index (κ3) is 2.23. The molecule has 0 amide bonds. The Kier molecular flexibility index (Phi) is 3.24. The average molecular weight is 296 g/mol. The SMILES string of the molecule is Cc1ccc2[nH]cc(CNCC3(n4ccnc4)COC3)c2c1. The monoisotopic (exact) mass is 296 g/mol. The molecule has 2 aromatic heterocycles. The molecule has 0 atom stereocenters. The molecule has 1 aliphatic heterocycles. The van der Waals surface area contributed by atoms with E-state index in [-0.39, 0.29) is 5.54 Å². The molecule has 22 heavy (non-hydrogen) atoms. The van der Waals surface area contributed by atoms with Crippen LogP contribution in [0.15, 0.2) is 43.1 Å². The van der Waals surface area contributed by atoms with Crippen molar-refractivity contribution in [3.63, 3.8) is 0 Å². The highest BCUT2D eigenvalue weighted by Crippen LogP contribution is 2.26. The van der Waals surface area contributed by atoms with E-state index in [9.17, 15) is 0 Å². The maximum Gasteiger partial charge on any atom is 0.104 e. The lowest BCUT2D eigenvalue weighted by molar-refractivity contribution is -0.0993. The molecule has 114 valence electrons. The second-order valence-electron chi connectivity index (χ2n) is 6.15. The number of aromatic amines is 1. The summed E-state index contributed by atoms with van der Waals surface area (Å²) in [5, 5.41) is 4.88. The number of rotatable bonds is 5. The Hall–Kier alpha value is -2.11. The molecule has 1 aliphatic rings. The number of nitrogens with one attached hydrogen (secondary N) is 2. The van der Waals surface area contributed by atoms with Crippen LogP contribution in [0.5, 0.6) is 0 Å². The van der Waals surface area contributed by atoms with E-state index in [1.807, 2.05) is 18.7 Å². The van der Waals surface area contributed by atoms with Crippen LogP contribution in [0.4, 0.5) is 0 Å². The van der Waals surface area contributed by atoms with E-state index in [0.717, 1.165) is 26.3 Å². The van der Waals surface area contributed by atoms with Gasteiger partial charge in [-0.05, 0) is 24.6 Å². The molecule has 5 heteroatoms. The van der Waals surface area contributed by atoms with E-state index in [0.29, 0.717) is 0 Å². The average Bonchev–Trinajstić information content (AvgIpc) is 3.12. The minimum Gasteiger partial charge on any atom is -0.376 e. The molecule has 1 saturated heterocycles. The highest BCUT2D eigenvalue weighted by atomic mass is 16.5. The van der Waals surface area contributed by atoms with Crippen molar-refractivity contribution in [3.8, 4) is 0 Å². The highest BCUT2D eigenvalue weighted by Gasteiger charge is 2.39. The number of fused-ring (bicyclic) bond motifs is 1. The van der Waals surface area contributed by atoms with Crippen LogP contribution in [0.2, 0.25) is 0 Å². The maximum absolute atomic E-state index is 5.44. The summed E-state index contributed by atoms with van der Waals surface area (Å²) in [6, 6.07) is 6.51. The first-order valence-corrected chi connectivity index (χ1v) is 7.60. The molecule has 0 bridgehead atoms. The van der Waals surface area contributed by atoms with E-state index < -0.39 is 0 Å². The lowest BCUT2D eigenvalue weighted by Crippen LogP contribution is -2.57. The van der Waals surface area contributed by atoms with Crippen LogP contribution < -0.4 is 5.32 Å². The van der Waals surface area contributed by atoms with Crippen molar-refractivity contribution >= 4 is 10.9 Å². The molecule has 0 aliphatic carbocycles. The zero-order valence-electron chi connectivity index (χ0n) is 12.7. The molecule has 4 rings (SSSR count). The number of nitrogens with zero attached hydrogens (tertiary/aromatic N) is 2. The summed E-state index contributed by atoms with van der Waals surface area (Å²) in [5.74, 6) is 0. The van der Waals surface area contributed by atoms with Gasteiger partial charge in [0.05, 0.1) is 19.5 Å². The van der Waals surface area contributed by atoms with Crippen LogP contribution in [-0.2, 0) is 16.8 Å². The molecule has 5 nitrogen and oxygen atoms in total. The number of aryl methyl sites for hydroxylation is 1. The molecule has 0 spiro atoms. The van der Waals surface area contributed by atoms with Gasteiger partial charge in [0.25, 0.3) is 0 Å².